The van der Waals surface area contributed by atoms with Crippen molar-refractivity contribution >= 4 is 23.2 Å². The summed E-state index contributed by atoms with van der Waals surface area (Å²) in [5, 5.41) is 3.09. The molecule has 1 N–H and O–H groups in total. The van der Waals surface area contributed by atoms with Crippen molar-refractivity contribution in [2.75, 3.05) is 5.32 Å². The predicted octanol–water partition coefficient (Wildman–Crippen LogP) is 3.17. The number of anilines is 1. The van der Waals surface area contributed by atoms with Crippen LogP contribution in [0.15, 0.2) is 12.3 Å². The van der Waals surface area contributed by atoms with E-state index in [1.54, 1.807) is 6.20 Å². The van der Waals surface area contributed by atoms with Crippen molar-refractivity contribution < 1.29 is 4.79 Å². The predicted molar refractivity (Wildman–Crippen MR) is 62.1 cm³/mol. The zero-order chi connectivity index (χ0) is 11.3. The molecule has 0 aromatic carbocycles. The Bertz CT molecular complexity index is 352. The average molecular weight is 227 g/mol. The van der Waals surface area contributed by atoms with Crippen molar-refractivity contribution in [2.24, 2.45) is 0 Å². The van der Waals surface area contributed by atoms with Crippen LogP contribution in [0.2, 0.25) is 5.15 Å². The molecule has 0 saturated carbocycles. The molecule has 1 aromatic rings. The molecule has 0 unspecified atom stereocenters. The molecule has 0 aliphatic heterocycles. The van der Waals surface area contributed by atoms with E-state index in [0.29, 0.717) is 17.3 Å². The molecule has 0 bridgehead atoms. The highest BCUT2D eigenvalue weighted by Crippen LogP contribution is 2.19. The third-order valence-corrected chi connectivity index (χ3v) is 2.31. The van der Waals surface area contributed by atoms with Crippen LogP contribution < -0.4 is 5.32 Å². The normalized spacial score (nSPS) is 10.1. The smallest absolute Gasteiger partial charge is 0.224 e. The first-order chi connectivity index (χ1) is 7.13. The van der Waals surface area contributed by atoms with Gasteiger partial charge in [0.25, 0.3) is 0 Å². The third-order valence-electron chi connectivity index (χ3n) is 2.01. The van der Waals surface area contributed by atoms with Gasteiger partial charge in [0.15, 0.2) is 5.15 Å². The molecular formula is C11H15ClN2O. The van der Waals surface area contributed by atoms with Gasteiger partial charge >= 0.3 is 0 Å². The highest BCUT2D eigenvalue weighted by Gasteiger charge is 2.06. The number of carbonyl (C=O) groups excluding carboxylic acids is 1. The second-order valence-electron chi connectivity index (χ2n) is 3.50. The SMILES string of the molecule is CCCCC(=O)Nc1cc(C)cnc1Cl. The maximum absolute atomic E-state index is 11.4. The van der Waals surface area contributed by atoms with Crippen LogP contribution in [0.5, 0.6) is 0 Å². The topological polar surface area (TPSA) is 42.0 Å². The Hall–Kier alpha value is -1.09. The van der Waals surface area contributed by atoms with Crippen LogP contribution in [-0.2, 0) is 4.79 Å². The van der Waals surface area contributed by atoms with Gasteiger partial charge in [0.05, 0.1) is 5.69 Å². The van der Waals surface area contributed by atoms with Crippen LogP contribution in [-0.4, -0.2) is 10.9 Å². The summed E-state index contributed by atoms with van der Waals surface area (Å²) >= 11 is 5.85. The monoisotopic (exact) mass is 226 g/mol. The average Bonchev–Trinajstić information content (AvgIpc) is 2.20. The largest absolute Gasteiger partial charge is 0.323 e. The number of unbranched alkanes of at least 4 members (excludes halogenated alkanes) is 1. The van der Waals surface area contributed by atoms with E-state index >= 15 is 0 Å². The summed E-state index contributed by atoms with van der Waals surface area (Å²) in [7, 11) is 0. The number of halogens is 1. The minimum atomic E-state index is -0.00819. The zero-order valence-corrected chi connectivity index (χ0v) is 9.77. The van der Waals surface area contributed by atoms with Crippen LogP contribution in [0.4, 0.5) is 5.69 Å². The second-order valence-corrected chi connectivity index (χ2v) is 3.86. The molecular weight excluding hydrogens is 212 g/mol. The van der Waals surface area contributed by atoms with Gasteiger partial charge in [-0.2, -0.15) is 0 Å². The van der Waals surface area contributed by atoms with Crippen molar-refractivity contribution in [2.45, 2.75) is 33.1 Å². The van der Waals surface area contributed by atoms with E-state index in [4.69, 9.17) is 11.6 Å². The molecule has 1 heterocycles. The van der Waals surface area contributed by atoms with Gasteiger partial charge in [-0.3, -0.25) is 4.79 Å². The van der Waals surface area contributed by atoms with Crippen LogP contribution in [0.1, 0.15) is 31.7 Å². The summed E-state index contributed by atoms with van der Waals surface area (Å²) in [6, 6.07) is 1.82. The number of aromatic nitrogens is 1. The number of pyridine rings is 1. The van der Waals surface area contributed by atoms with Crippen molar-refractivity contribution in [3.8, 4) is 0 Å². The molecule has 0 aliphatic rings. The molecule has 15 heavy (non-hydrogen) atoms. The van der Waals surface area contributed by atoms with Gasteiger partial charge in [-0.1, -0.05) is 24.9 Å². The summed E-state index contributed by atoms with van der Waals surface area (Å²) in [6.45, 7) is 3.96. The quantitative estimate of drug-likeness (QED) is 0.802. The molecule has 1 rings (SSSR count). The Morgan fingerprint density at radius 3 is 3.00 bits per heavy atom. The molecule has 3 nitrogen and oxygen atoms in total. The molecule has 0 aliphatic carbocycles. The lowest BCUT2D eigenvalue weighted by atomic mass is 10.2. The number of carbonyl (C=O) groups is 1. The van der Waals surface area contributed by atoms with Crippen LogP contribution in [0, 0.1) is 6.92 Å². The van der Waals surface area contributed by atoms with Gasteiger partial charge in [0, 0.05) is 12.6 Å². The van der Waals surface area contributed by atoms with E-state index in [1.165, 1.54) is 0 Å². The highest BCUT2D eigenvalue weighted by atomic mass is 35.5. The number of aryl methyl sites for hydroxylation is 1. The molecule has 1 aromatic heterocycles. The van der Waals surface area contributed by atoms with Crippen molar-refractivity contribution in [3.05, 3.63) is 23.0 Å². The van der Waals surface area contributed by atoms with Gasteiger partial charge in [0.2, 0.25) is 5.91 Å². The summed E-state index contributed by atoms with van der Waals surface area (Å²) in [6.07, 6.45) is 4.10. The Morgan fingerprint density at radius 2 is 2.33 bits per heavy atom. The number of hydrogen-bond donors (Lipinski definition) is 1. The third kappa shape index (κ3) is 3.88. The standard InChI is InChI=1S/C11H15ClN2O/c1-3-4-5-10(15)14-9-6-8(2)7-13-11(9)12/h6-7H,3-5H2,1-2H3,(H,14,15). The molecule has 82 valence electrons. The van der Waals surface area contributed by atoms with Gasteiger partial charge < -0.3 is 5.32 Å². The first kappa shape index (κ1) is 12.0. The molecule has 4 heteroatoms. The molecule has 0 radical (unpaired) electrons. The van der Waals surface area contributed by atoms with E-state index in [1.807, 2.05) is 13.0 Å². The number of nitrogens with one attached hydrogen (secondary N) is 1. The lowest BCUT2D eigenvalue weighted by molar-refractivity contribution is -0.116. The van der Waals surface area contributed by atoms with Gasteiger partial charge in [-0.05, 0) is 25.0 Å². The summed E-state index contributed by atoms with van der Waals surface area (Å²) in [4.78, 5) is 15.4. The maximum Gasteiger partial charge on any atom is 0.224 e. The van der Waals surface area contributed by atoms with Crippen molar-refractivity contribution in [3.63, 3.8) is 0 Å². The number of rotatable bonds is 4. The van der Waals surface area contributed by atoms with Crippen molar-refractivity contribution in [1.29, 1.82) is 0 Å². The zero-order valence-electron chi connectivity index (χ0n) is 9.01. The number of nitrogens with zero attached hydrogens (tertiary/aromatic N) is 1. The van der Waals surface area contributed by atoms with Gasteiger partial charge in [-0.25, -0.2) is 4.98 Å². The lowest BCUT2D eigenvalue weighted by Gasteiger charge is -2.06. The molecule has 0 atom stereocenters. The lowest BCUT2D eigenvalue weighted by Crippen LogP contribution is -2.11. The van der Waals surface area contributed by atoms with E-state index in [-0.39, 0.29) is 5.91 Å². The van der Waals surface area contributed by atoms with E-state index in [9.17, 15) is 4.79 Å². The Morgan fingerprint density at radius 1 is 1.60 bits per heavy atom. The molecule has 1 amide bonds. The Balaban J connectivity index is 2.63. The second kappa shape index (κ2) is 5.71. The van der Waals surface area contributed by atoms with Crippen molar-refractivity contribution in [1.82, 2.24) is 4.98 Å². The molecule has 0 spiro atoms. The van der Waals surface area contributed by atoms with Gasteiger partial charge in [-0.15, -0.1) is 0 Å². The summed E-state index contributed by atoms with van der Waals surface area (Å²) in [5.41, 5.74) is 1.57. The van der Waals surface area contributed by atoms with E-state index in [2.05, 4.69) is 17.2 Å². The van der Waals surface area contributed by atoms with Crippen LogP contribution in [0.3, 0.4) is 0 Å². The first-order valence-corrected chi connectivity index (χ1v) is 5.43. The van der Waals surface area contributed by atoms with Gasteiger partial charge in [0.1, 0.15) is 0 Å². The fraction of sp³-hybridized carbons (Fsp3) is 0.455. The Kier molecular flexibility index (Phi) is 4.56. The van der Waals surface area contributed by atoms with Crippen LogP contribution in [0.25, 0.3) is 0 Å². The van der Waals surface area contributed by atoms with E-state index < -0.39 is 0 Å². The number of amides is 1. The minimum absolute atomic E-state index is 0.00819. The maximum atomic E-state index is 11.4. The van der Waals surface area contributed by atoms with Crippen LogP contribution >= 0.6 is 11.6 Å². The summed E-state index contributed by atoms with van der Waals surface area (Å²) < 4.78 is 0. The summed E-state index contributed by atoms with van der Waals surface area (Å²) in [5.74, 6) is -0.00819. The van der Waals surface area contributed by atoms with E-state index in [0.717, 1.165) is 18.4 Å². The first-order valence-electron chi connectivity index (χ1n) is 5.05. The fourth-order valence-electron chi connectivity index (χ4n) is 1.19. The fourth-order valence-corrected chi connectivity index (χ4v) is 1.34. The molecule has 0 fully saturated rings. The number of hydrogen-bond acceptors (Lipinski definition) is 2. The molecule has 0 saturated heterocycles. The minimum Gasteiger partial charge on any atom is -0.323 e. The Labute approximate surface area is 94.9 Å². The highest BCUT2D eigenvalue weighted by molar-refractivity contribution is 6.32.